The first kappa shape index (κ1) is 13.8. The fourth-order valence-corrected chi connectivity index (χ4v) is 0.762. The van der Waals surface area contributed by atoms with Gasteiger partial charge in [0.25, 0.3) is 5.92 Å². The van der Waals surface area contributed by atoms with Gasteiger partial charge in [0, 0.05) is 0 Å². The highest BCUT2D eigenvalue weighted by molar-refractivity contribution is 4.72. The minimum atomic E-state index is -2.78. The first-order valence-electron chi connectivity index (χ1n) is 5.05. The fraction of sp³-hybridized carbons (Fsp3) is 1.00. The Balaban J connectivity index is 3.85. The molecule has 2 nitrogen and oxygen atoms in total. The second-order valence-corrected chi connectivity index (χ2v) is 4.04. The smallest absolute Gasteiger partial charge is 0.283 e. The Morgan fingerprint density at radius 2 is 1.79 bits per heavy atom. The lowest BCUT2D eigenvalue weighted by atomic mass is 10.1. The Labute approximate surface area is 85.0 Å². The maximum Gasteiger partial charge on any atom is 0.283 e. The topological polar surface area (TPSA) is 21.3 Å². The monoisotopic (exact) mass is 209 g/mol. The highest BCUT2D eigenvalue weighted by Crippen LogP contribution is 2.19. The molecule has 0 amide bonds. The molecule has 86 valence electrons. The number of nitrogens with one attached hydrogen (secondary N) is 1. The summed E-state index contributed by atoms with van der Waals surface area (Å²) in [6, 6.07) is 0. The molecule has 0 aliphatic carbocycles. The third-order valence-corrected chi connectivity index (χ3v) is 2.16. The molecule has 0 bridgehead atoms. The van der Waals surface area contributed by atoms with Crippen molar-refractivity contribution in [3.63, 3.8) is 0 Å². The van der Waals surface area contributed by atoms with Gasteiger partial charge in [0.15, 0.2) is 0 Å². The molecule has 0 aliphatic heterocycles. The highest BCUT2D eigenvalue weighted by atomic mass is 19.3. The summed E-state index contributed by atoms with van der Waals surface area (Å²) in [7, 11) is 0. The van der Waals surface area contributed by atoms with Crippen LogP contribution in [0.3, 0.4) is 0 Å². The van der Waals surface area contributed by atoms with Gasteiger partial charge in [-0.15, -0.1) is 0 Å². The molecule has 0 atom stereocenters. The maximum absolute atomic E-state index is 13.1. The molecule has 0 aromatic rings. The molecule has 1 N–H and O–H groups in total. The molecular formula is C10H21F2NO. The van der Waals surface area contributed by atoms with E-state index in [1.54, 1.807) is 6.92 Å². The van der Waals surface area contributed by atoms with Crippen LogP contribution in [0.4, 0.5) is 8.78 Å². The zero-order valence-electron chi connectivity index (χ0n) is 9.49. The molecule has 0 rings (SSSR count). The third-order valence-electron chi connectivity index (χ3n) is 2.16. The van der Waals surface area contributed by atoms with Gasteiger partial charge in [-0.3, -0.25) is 0 Å². The quantitative estimate of drug-likeness (QED) is 0.695. The van der Waals surface area contributed by atoms with Gasteiger partial charge >= 0.3 is 0 Å². The number of rotatable bonds is 7. The molecule has 0 radical (unpaired) electrons. The molecular weight excluding hydrogens is 188 g/mol. The average Bonchev–Trinajstić information content (AvgIpc) is 2.12. The van der Waals surface area contributed by atoms with Crippen molar-refractivity contribution in [3.05, 3.63) is 0 Å². The molecule has 0 fully saturated rings. The molecule has 0 heterocycles. The molecule has 0 spiro atoms. The molecule has 0 unspecified atom stereocenters. The van der Waals surface area contributed by atoms with E-state index in [-0.39, 0.29) is 6.54 Å². The highest BCUT2D eigenvalue weighted by Gasteiger charge is 2.31. The lowest BCUT2D eigenvalue weighted by Gasteiger charge is -2.26. The van der Waals surface area contributed by atoms with E-state index in [4.69, 9.17) is 4.74 Å². The number of halogens is 2. The Bertz CT molecular complexity index is 160. The first-order chi connectivity index (χ1) is 6.33. The summed E-state index contributed by atoms with van der Waals surface area (Å²) in [5, 5.41) is 2.61. The van der Waals surface area contributed by atoms with Crippen molar-refractivity contribution in [3.8, 4) is 0 Å². The predicted octanol–water partition coefficient (Wildman–Crippen LogP) is 2.44. The molecule has 14 heavy (non-hydrogen) atoms. The summed E-state index contributed by atoms with van der Waals surface area (Å²) in [4.78, 5) is 0. The fourth-order valence-electron chi connectivity index (χ4n) is 0.762. The van der Waals surface area contributed by atoms with Gasteiger partial charge in [0.05, 0.1) is 12.1 Å². The second-order valence-electron chi connectivity index (χ2n) is 4.04. The van der Waals surface area contributed by atoms with Gasteiger partial charge < -0.3 is 10.1 Å². The SMILES string of the molecule is CCNCC(F)(F)COC(C)(C)CC. The Morgan fingerprint density at radius 1 is 1.21 bits per heavy atom. The van der Waals surface area contributed by atoms with Crippen LogP contribution < -0.4 is 5.32 Å². The van der Waals surface area contributed by atoms with Crippen LogP contribution in [-0.2, 0) is 4.74 Å². The van der Waals surface area contributed by atoms with E-state index in [0.29, 0.717) is 6.54 Å². The third kappa shape index (κ3) is 6.27. The van der Waals surface area contributed by atoms with Gasteiger partial charge in [-0.2, -0.15) is 0 Å². The molecule has 0 aromatic heterocycles. The van der Waals surface area contributed by atoms with Gasteiger partial charge in [-0.25, -0.2) is 8.78 Å². The summed E-state index contributed by atoms with van der Waals surface area (Å²) in [6.07, 6.45) is 0.726. The summed E-state index contributed by atoms with van der Waals surface area (Å²) >= 11 is 0. The minimum Gasteiger partial charge on any atom is -0.369 e. The molecule has 0 aliphatic rings. The van der Waals surface area contributed by atoms with E-state index < -0.39 is 18.1 Å². The lowest BCUT2D eigenvalue weighted by molar-refractivity contribution is -0.126. The number of hydrogen-bond acceptors (Lipinski definition) is 2. The Morgan fingerprint density at radius 3 is 2.21 bits per heavy atom. The van der Waals surface area contributed by atoms with Crippen LogP contribution in [0.5, 0.6) is 0 Å². The van der Waals surface area contributed by atoms with Crippen molar-refractivity contribution in [1.82, 2.24) is 5.32 Å². The Kier molecular flexibility index (Phi) is 5.52. The first-order valence-corrected chi connectivity index (χ1v) is 5.05. The predicted molar refractivity (Wildman–Crippen MR) is 53.8 cm³/mol. The summed E-state index contributed by atoms with van der Waals surface area (Å²) in [5.74, 6) is -2.78. The lowest BCUT2D eigenvalue weighted by Crippen LogP contribution is -2.39. The molecule has 0 saturated heterocycles. The van der Waals surface area contributed by atoms with Crippen LogP contribution >= 0.6 is 0 Å². The maximum atomic E-state index is 13.1. The van der Waals surface area contributed by atoms with Crippen molar-refractivity contribution in [2.24, 2.45) is 0 Å². The number of ether oxygens (including phenoxy) is 1. The van der Waals surface area contributed by atoms with E-state index >= 15 is 0 Å². The van der Waals surface area contributed by atoms with E-state index in [1.165, 1.54) is 0 Å². The standard InChI is InChI=1S/C10H21F2NO/c1-5-9(3,4)14-8-10(11,12)7-13-6-2/h13H,5-8H2,1-4H3. The van der Waals surface area contributed by atoms with Crippen LogP contribution in [0.15, 0.2) is 0 Å². The van der Waals surface area contributed by atoms with Crippen molar-refractivity contribution in [2.45, 2.75) is 45.6 Å². The van der Waals surface area contributed by atoms with E-state index in [2.05, 4.69) is 5.32 Å². The van der Waals surface area contributed by atoms with Crippen LogP contribution in [-0.4, -0.2) is 31.2 Å². The Hall–Kier alpha value is -0.220. The summed E-state index contributed by atoms with van der Waals surface area (Å²) in [6.45, 7) is 7.07. The zero-order valence-corrected chi connectivity index (χ0v) is 9.49. The van der Waals surface area contributed by atoms with E-state index in [0.717, 1.165) is 6.42 Å². The molecule has 0 saturated carbocycles. The van der Waals surface area contributed by atoms with Crippen LogP contribution in [0.25, 0.3) is 0 Å². The minimum absolute atomic E-state index is 0.316. The normalized spacial score (nSPS) is 13.3. The van der Waals surface area contributed by atoms with Gasteiger partial charge in [-0.05, 0) is 26.8 Å². The van der Waals surface area contributed by atoms with Gasteiger partial charge in [0.1, 0.15) is 6.61 Å². The van der Waals surface area contributed by atoms with Crippen LogP contribution in [0, 0.1) is 0 Å². The van der Waals surface area contributed by atoms with Crippen molar-refractivity contribution in [1.29, 1.82) is 0 Å². The second kappa shape index (κ2) is 5.61. The summed E-state index contributed by atoms with van der Waals surface area (Å²) in [5.41, 5.74) is -0.463. The van der Waals surface area contributed by atoms with E-state index in [9.17, 15) is 8.78 Å². The van der Waals surface area contributed by atoms with Crippen molar-refractivity contribution in [2.75, 3.05) is 19.7 Å². The van der Waals surface area contributed by atoms with Gasteiger partial charge in [0.2, 0.25) is 0 Å². The zero-order chi connectivity index (χ0) is 11.2. The largest absolute Gasteiger partial charge is 0.369 e. The average molecular weight is 209 g/mol. The number of alkyl halides is 2. The van der Waals surface area contributed by atoms with Crippen LogP contribution in [0.2, 0.25) is 0 Å². The molecule has 4 heteroatoms. The summed E-state index contributed by atoms with van der Waals surface area (Å²) < 4.78 is 31.3. The van der Waals surface area contributed by atoms with Gasteiger partial charge in [-0.1, -0.05) is 13.8 Å². The van der Waals surface area contributed by atoms with Crippen molar-refractivity contribution < 1.29 is 13.5 Å². The number of hydrogen-bond donors (Lipinski definition) is 1. The molecule has 0 aromatic carbocycles. The van der Waals surface area contributed by atoms with E-state index in [1.807, 2.05) is 20.8 Å². The van der Waals surface area contributed by atoms with Crippen molar-refractivity contribution >= 4 is 0 Å². The van der Waals surface area contributed by atoms with Crippen LogP contribution in [0.1, 0.15) is 34.1 Å².